The molecule has 1 aromatic carbocycles. The highest BCUT2D eigenvalue weighted by atomic mass is 32.2. The summed E-state index contributed by atoms with van der Waals surface area (Å²) in [6.45, 7) is 7.67. The first-order valence-electron chi connectivity index (χ1n) is 9.07. The number of anilines is 1. The Morgan fingerprint density at radius 1 is 1.30 bits per heavy atom. The maximum absolute atomic E-state index is 12.3. The molecule has 2 rings (SSSR count). The maximum Gasteiger partial charge on any atom is 0.240 e. The third-order valence-electron chi connectivity index (χ3n) is 4.04. The summed E-state index contributed by atoms with van der Waals surface area (Å²) in [5, 5.41) is 2.79. The lowest BCUT2D eigenvalue weighted by molar-refractivity contribution is -0.119. The van der Waals surface area contributed by atoms with Gasteiger partial charge in [-0.25, -0.2) is 8.42 Å². The summed E-state index contributed by atoms with van der Waals surface area (Å²) in [4.78, 5) is 14.5. The molecular formula is C18H29N3O5S. The van der Waals surface area contributed by atoms with Gasteiger partial charge in [0.1, 0.15) is 12.3 Å². The van der Waals surface area contributed by atoms with E-state index in [1.807, 2.05) is 13.8 Å². The minimum atomic E-state index is -3.65. The minimum absolute atomic E-state index is 0.116. The predicted octanol–water partition coefficient (Wildman–Crippen LogP) is 0.688. The first-order valence-corrected chi connectivity index (χ1v) is 10.9. The van der Waals surface area contributed by atoms with Gasteiger partial charge < -0.3 is 14.8 Å². The Morgan fingerprint density at radius 2 is 1.96 bits per heavy atom. The second kappa shape index (κ2) is 9.91. The van der Waals surface area contributed by atoms with E-state index in [1.165, 1.54) is 0 Å². The summed E-state index contributed by atoms with van der Waals surface area (Å²) in [6.07, 6.45) is 0.968. The second-order valence-corrected chi connectivity index (χ2v) is 8.61. The molecule has 9 heteroatoms. The van der Waals surface area contributed by atoms with Crippen molar-refractivity contribution < 1.29 is 22.7 Å². The zero-order valence-corrected chi connectivity index (χ0v) is 17.0. The molecule has 8 nitrogen and oxygen atoms in total. The summed E-state index contributed by atoms with van der Waals surface area (Å²) in [5.41, 5.74) is 0.358. The molecule has 1 N–H and O–H groups in total. The van der Waals surface area contributed by atoms with Gasteiger partial charge in [0.15, 0.2) is 0 Å². The monoisotopic (exact) mass is 399 g/mol. The van der Waals surface area contributed by atoms with E-state index in [0.717, 1.165) is 23.7 Å². The molecule has 0 unspecified atom stereocenters. The highest BCUT2D eigenvalue weighted by Gasteiger charge is 2.24. The summed E-state index contributed by atoms with van der Waals surface area (Å²) in [6, 6.07) is 6.82. The molecule has 0 bridgehead atoms. The Balaban J connectivity index is 2.01. The Labute approximate surface area is 161 Å². The number of amides is 1. The predicted molar refractivity (Wildman–Crippen MR) is 105 cm³/mol. The van der Waals surface area contributed by atoms with E-state index >= 15 is 0 Å². The first kappa shape index (κ1) is 21.5. The van der Waals surface area contributed by atoms with Gasteiger partial charge in [-0.1, -0.05) is 12.1 Å². The number of carbonyl (C=O) groups is 1. The van der Waals surface area contributed by atoms with Gasteiger partial charge in [0.05, 0.1) is 31.3 Å². The van der Waals surface area contributed by atoms with Gasteiger partial charge in [-0.15, -0.1) is 0 Å². The SMILES string of the molecule is CC(C)Oc1ccccc1N(CC(=O)NCCN1CCOCC1)S(C)(=O)=O. The van der Waals surface area contributed by atoms with Gasteiger partial charge >= 0.3 is 0 Å². The van der Waals surface area contributed by atoms with E-state index in [1.54, 1.807) is 24.3 Å². The van der Waals surface area contributed by atoms with E-state index in [9.17, 15) is 13.2 Å². The molecular weight excluding hydrogens is 370 g/mol. The van der Waals surface area contributed by atoms with Crippen LogP contribution >= 0.6 is 0 Å². The number of hydrogen-bond acceptors (Lipinski definition) is 6. The minimum Gasteiger partial charge on any atom is -0.489 e. The zero-order valence-electron chi connectivity index (χ0n) is 16.2. The average Bonchev–Trinajstić information content (AvgIpc) is 2.60. The highest BCUT2D eigenvalue weighted by molar-refractivity contribution is 7.92. The molecule has 152 valence electrons. The second-order valence-electron chi connectivity index (χ2n) is 6.71. The lowest BCUT2D eigenvalue weighted by Gasteiger charge is -2.27. The van der Waals surface area contributed by atoms with Crippen LogP contribution in [0.4, 0.5) is 5.69 Å². The molecule has 0 spiro atoms. The van der Waals surface area contributed by atoms with Crippen LogP contribution in [0.25, 0.3) is 0 Å². The van der Waals surface area contributed by atoms with Crippen molar-refractivity contribution in [2.75, 3.05) is 56.5 Å². The molecule has 0 atom stereocenters. The van der Waals surface area contributed by atoms with Crippen LogP contribution in [0.1, 0.15) is 13.8 Å². The first-order chi connectivity index (χ1) is 12.8. The van der Waals surface area contributed by atoms with Crippen molar-refractivity contribution in [1.29, 1.82) is 0 Å². The lowest BCUT2D eigenvalue weighted by atomic mass is 10.3. The van der Waals surface area contributed by atoms with Gasteiger partial charge in [0.2, 0.25) is 15.9 Å². The summed E-state index contributed by atoms with van der Waals surface area (Å²) < 4.78 is 36.7. The molecule has 1 aliphatic heterocycles. The van der Waals surface area contributed by atoms with Crippen molar-refractivity contribution in [2.45, 2.75) is 20.0 Å². The van der Waals surface area contributed by atoms with E-state index in [0.29, 0.717) is 37.7 Å². The van der Waals surface area contributed by atoms with E-state index < -0.39 is 10.0 Å². The molecule has 0 aliphatic carbocycles. The Bertz CT molecular complexity index is 717. The lowest BCUT2D eigenvalue weighted by Crippen LogP contribution is -2.44. The van der Waals surface area contributed by atoms with Crippen LogP contribution < -0.4 is 14.4 Å². The third kappa shape index (κ3) is 7.00. The molecule has 0 saturated carbocycles. The average molecular weight is 400 g/mol. The van der Waals surface area contributed by atoms with Crippen LogP contribution in [0.2, 0.25) is 0 Å². The Kier molecular flexibility index (Phi) is 7.88. The van der Waals surface area contributed by atoms with Crippen molar-refractivity contribution >= 4 is 21.6 Å². The van der Waals surface area contributed by atoms with Crippen LogP contribution in [-0.2, 0) is 19.6 Å². The van der Waals surface area contributed by atoms with Gasteiger partial charge in [0, 0.05) is 26.2 Å². The zero-order chi connectivity index (χ0) is 19.9. The summed E-state index contributed by atoms with van der Waals surface area (Å²) in [5.74, 6) is 0.0760. The van der Waals surface area contributed by atoms with Crippen molar-refractivity contribution in [3.05, 3.63) is 24.3 Å². The number of ether oxygens (including phenoxy) is 2. The molecule has 0 aromatic heterocycles. The van der Waals surface area contributed by atoms with Crippen LogP contribution in [0, 0.1) is 0 Å². The Morgan fingerprint density at radius 3 is 2.59 bits per heavy atom. The van der Waals surface area contributed by atoms with Crippen molar-refractivity contribution in [1.82, 2.24) is 10.2 Å². The number of para-hydroxylation sites is 2. The number of carbonyl (C=O) groups excluding carboxylic acids is 1. The van der Waals surface area contributed by atoms with Gasteiger partial charge in [-0.2, -0.15) is 0 Å². The molecule has 1 saturated heterocycles. The highest BCUT2D eigenvalue weighted by Crippen LogP contribution is 2.30. The molecule has 1 heterocycles. The standard InChI is InChI=1S/C18H29N3O5S/c1-15(2)26-17-7-5-4-6-16(17)21(27(3,23)24)14-18(22)19-8-9-20-10-12-25-13-11-20/h4-7,15H,8-14H2,1-3H3,(H,19,22). The quantitative estimate of drug-likeness (QED) is 0.657. The summed E-state index contributed by atoms with van der Waals surface area (Å²) in [7, 11) is -3.65. The van der Waals surface area contributed by atoms with Crippen molar-refractivity contribution in [2.24, 2.45) is 0 Å². The fourth-order valence-electron chi connectivity index (χ4n) is 2.76. The normalized spacial score (nSPS) is 15.6. The number of sulfonamides is 1. The molecule has 0 radical (unpaired) electrons. The Hall–Kier alpha value is -1.84. The van der Waals surface area contributed by atoms with E-state index in [2.05, 4.69) is 10.2 Å². The summed E-state index contributed by atoms with van der Waals surface area (Å²) >= 11 is 0. The number of hydrogen-bond donors (Lipinski definition) is 1. The number of benzene rings is 1. The van der Waals surface area contributed by atoms with Crippen molar-refractivity contribution in [3.63, 3.8) is 0 Å². The van der Waals surface area contributed by atoms with Crippen LogP contribution in [0.3, 0.4) is 0 Å². The number of rotatable bonds is 9. The van der Waals surface area contributed by atoms with Gasteiger partial charge in [0.25, 0.3) is 0 Å². The van der Waals surface area contributed by atoms with E-state index in [-0.39, 0.29) is 18.6 Å². The molecule has 27 heavy (non-hydrogen) atoms. The molecule has 1 fully saturated rings. The maximum atomic E-state index is 12.3. The van der Waals surface area contributed by atoms with Crippen LogP contribution in [-0.4, -0.2) is 77.5 Å². The molecule has 1 aromatic rings. The smallest absolute Gasteiger partial charge is 0.240 e. The van der Waals surface area contributed by atoms with Gasteiger partial charge in [-0.3, -0.25) is 14.0 Å². The van der Waals surface area contributed by atoms with Crippen molar-refractivity contribution in [3.8, 4) is 5.75 Å². The van der Waals surface area contributed by atoms with Crippen LogP contribution in [0.5, 0.6) is 5.75 Å². The largest absolute Gasteiger partial charge is 0.489 e. The molecule has 1 aliphatic rings. The molecule has 1 amide bonds. The number of nitrogens with one attached hydrogen (secondary N) is 1. The fourth-order valence-corrected chi connectivity index (χ4v) is 3.62. The number of morpholine rings is 1. The fraction of sp³-hybridized carbons (Fsp3) is 0.611. The number of nitrogens with zero attached hydrogens (tertiary/aromatic N) is 2. The third-order valence-corrected chi connectivity index (χ3v) is 5.16. The van der Waals surface area contributed by atoms with Crippen LogP contribution in [0.15, 0.2) is 24.3 Å². The van der Waals surface area contributed by atoms with Gasteiger partial charge in [-0.05, 0) is 26.0 Å². The van der Waals surface area contributed by atoms with E-state index in [4.69, 9.17) is 9.47 Å². The topological polar surface area (TPSA) is 88.2 Å².